The molecular formula is C57H62N2O14S2. The number of fused-ring (bicyclic) bond motifs is 1. The number of hydrogen-bond acceptors (Lipinski definition) is 17. The summed E-state index contributed by atoms with van der Waals surface area (Å²) in [4.78, 5) is 80.3. The lowest BCUT2D eigenvalue weighted by molar-refractivity contribution is -0.145. The second-order valence-corrected chi connectivity index (χ2v) is 20.5. The zero-order valence-corrected chi connectivity index (χ0v) is 43.8. The van der Waals surface area contributed by atoms with Crippen molar-refractivity contribution in [1.29, 1.82) is 5.26 Å². The maximum Gasteiger partial charge on any atom is 0.330 e. The molecule has 3 aliphatic rings. The Kier molecular flexibility index (Phi) is 22.7. The molecule has 0 bridgehead atoms. The summed E-state index contributed by atoms with van der Waals surface area (Å²) in [5.74, 6) is -1.79. The first-order valence-corrected chi connectivity index (χ1v) is 27.0. The van der Waals surface area contributed by atoms with Gasteiger partial charge in [-0.25, -0.2) is 19.7 Å². The van der Waals surface area contributed by atoms with Crippen LogP contribution in [-0.2, 0) is 38.2 Å². The predicted molar refractivity (Wildman–Crippen MR) is 279 cm³/mol. The predicted octanol–water partition coefficient (Wildman–Crippen LogP) is 11.8. The van der Waals surface area contributed by atoms with Crippen LogP contribution in [0.1, 0.15) is 108 Å². The van der Waals surface area contributed by atoms with Gasteiger partial charge in [0.05, 0.1) is 76.8 Å². The van der Waals surface area contributed by atoms with Gasteiger partial charge in [0, 0.05) is 12.2 Å². The third-order valence-electron chi connectivity index (χ3n) is 12.9. The number of carbonyl (C=O) groups is 6. The Balaban J connectivity index is 0.943. The van der Waals surface area contributed by atoms with E-state index in [-0.39, 0.29) is 29.1 Å². The second-order valence-electron chi connectivity index (χ2n) is 18.2. The van der Waals surface area contributed by atoms with E-state index in [1.807, 2.05) is 6.07 Å². The van der Waals surface area contributed by atoms with Gasteiger partial charge in [0.15, 0.2) is 0 Å². The number of hydrogen-bond donors (Lipinski definition) is 0. The van der Waals surface area contributed by atoms with Gasteiger partial charge in [-0.1, -0.05) is 36.7 Å². The third kappa shape index (κ3) is 17.5. The monoisotopic (exact) mass is 1060 g/mol. The van der Waals surface area contributed by atoms with Crippen molar-refractivity contribution in [1.82, 2.24) is 0 Å². The quantitative estimate of drug-likeness (QED) is 0.0183. The van der Waals surface area contributed by atoms with Crippen molar-refractivity contribution in [2.45, 2.75) is 119 Å². The number of esters is 6. The number of carbonyl (C=O) groups excluding carboxylic acids is 6. The highest BCUT2D eigenvalue weighted by molar-refractivity contribution is 8.24. The first kappa shape index (κ1) is 57.3. The molecule has 396 valence electrons. The molecule has 6 rings (SSSR count). The minimum Gasteiger partial charge on any atom is -0.494 e. The number of benzene rings is 3. The van der Waals surface area contributed by atoms with Crippen molar-refractivity contribution >= 4 is 59.3 Å². The number of nitrogens with zero attached hydrogens (tertiary/aromatic N) is 2. The van der Waals surface area contributed by atoms with Gasteiger partial charge < -0.3 is 37.9 Å². The van der Waals surface area contributed by atoms with E-state index < -0.39 is 47.5 Å². The van der Waals surface area contributed by atoms with E-state index in [0.717, 1.165) is 87.0 Å². The Morgan fingerprint density at radius 2 is 0.947 bits per heavy atom. The Hall–Kier alpha value is -7.02. The molecule has 0 atom stereocenters. The molecule has 16 nitrogen and oxygen atoms in total. The molecule has 0 spiro atoms. The van der Waals surface area contributed by atoms with Crippen molar-refractivity contribution in [2.24, 2.45) is 23.7 Å². The van der Waals surface area contributed by atoms with Crippen LogP contribution in [0, 0.1) is 48.5 Å². The largest absolute Gasteiger partial charge is 0.494 e. The fourth-order valence-electron chi connectivity index (χ4n) is 8.60. The summed E-state index contributed by atoms with van der Waals surface area (Å²) in [6.45, 7) is 17.8. The highest BCUT2D eigenvalue weighted by atomic mass is 32.2. The van der Waals surface area contributed by atoms with Crippen molar-refractivity contribution in [3.8, 4) is 40.6 Å². The number of ether oxygens (including phenoxy) is 8. The first-order chi connectivity index (χ1) is 36.4. The molecule has 0 saturated heterocycles. The number of unbranched alkanes of at least 4 members (excludes halogenated alkanes) is 6. The summed E-state index contributed by atoms with van der Waals surface area (Å²) >= 11 is 2.21. The third-order valence-corrected chi connectivity index (χ3v) is 15.5. The number of allylic oxidation sites excluding steroid dienone is 1. The van der Waals surface area contributed by atoms with Crippen LogP contribution in [0.25, 0.3) is 4.85 Å². The maximum absolute atomic E-state index is 13.8. The summed E-state index contributed by atoms with van der Waals surface area (Å²) < 4.78 is 45.4. The van der Waals surface area contributed by atoms with Crippen LogP contribution >= 0.6 is 23.5 Å². The molecule has 75 heavy (non-hydrogen) atoms. The second kappa shape index (κ2) is 29.8. The molecule has 0 aromatic heterocycles. The fraction of sp³-hybridized carbons (Fsp3) is 0.439. The average molecular weight is 1060 g/mol. The topological polar surface area (TPSA) is 204 Å². The number of rotatable bonds is 26. The zero-order chi connectivity index (χ0) is 53.5. The van der Waals surface area contributed by atoms with Crippen LogP contribution < -0.4 is 28.4 Å². The SMILES string of the molecule is [C-]#[N+]/C(C#N)=C1\Sc2c(OC(=O)C3CCC(C(=O)Oc4ccc(OCCCCCCOC(=O)C=C)cc4)CC3)cc(C)c(OC(=O)C3CCC(C(=O)Oc4ccc(OCCCCCCOC(=O)C=C)cc4)CC3)c2S1. The molecule has 18 heteroatoms. The van der Waals surface area contributed by atoms with Crippen molar-refractivity contribution in [2.75, 3.05) is 26.4 Å². The Bertz CT molecular complexity index is 2620. The highest BCUT2D eigenvalue weighted by Gasteiger charge is 2.37. The van der Waals surface area contributed by atoms with Crippen molar-refractivity contribution in [3.05, 3.63) is 107 Å². The molecule has 2 saturated carbocycles. The molecule has 3 aromatic carbocycles. The lowest BCUT2D eigenvalue weighted by Crippen LogP contribution is -2.31. The van der Waals surface area contributed by atoms with E-state index in [2.05, 4.69) is 18.0 Å². The number of nitriles is 1. The van der Waals surface area contributed by atoms with Gasteiger partial charge in [-0.15, -0.1) is 0 Å². The van der Waals surface area contributed by atoms with Crippen molar-refractivity contribution in [3.63, 3.8) is 0 Å². The number of aryl methyl sites for hydroxylation is 1. The van der Waals surface area contributed by atoms with Gasteiger partial charge >= 0.3 is 35.8 Å². The lowest BCUT2D eigenvalue weighted by atomic mass is 9.82. The molecule has 0 radical (unpaired) electrons. The Morgan fingerprint density at radius 3 is 1.35 bits per heavy atom. The van der Waals surface area contributed by atoms with E-state index in [1.165, 1.54) is 0 Å². The molecule has 2 aliphatic carbocycles. The van der Waals surface area contributed by atoms with Gasteiger partial charge in [-0.2, -0.15) is 0 Å². The molecule has 0 N–H and O–H groups in total. The number of thioether (sulfide) groups is 2. The molecule has 1 heterocycles. The molecular weight excluding hydrogens is 1000 g/mol. The minimum atomic E-state index is -0.491. The maximum atomic E-state index is 13.8. The normalized spacial score (nSPS) is 18.3. The summed E-state index contributed by atoms with van der Waals surface area (Å²) in [6, 6.07) is 17.2. The summed E-state index contributed by atoms with van der Waals surface area (Å²) in [5, 5.41) is 9.74. The fourth-order valence-corrected chi connectivity index (χ4v) is 11.1. The summed E-state index contributed by atoms with van der Waals surface area (Å²) in [6.07, 6.45) is 12.5. The van der Waals surface area contributed by atoms with Gasteiger partial charge in [0.25, 0.3) is 5.70 Å². The zero-order valence-electron chi connectivity index (χ0n) is 42.1. The van der Waals surface area contributed by atoms with Crippen LogP contribution in [0.4, 0.5) is 0 Å². The van der Waals surface area contributed by atoms with Crippen LogP contribution in [0.5, 0.6) is 34.5 Å². The van der Waals surface area contributed by atoms with Gasteiger partial charge in [-0.05, 0) is 170 Å². The molecule has 0 unspecified atom stereocenters. The highest BCUT2D eigenvalue weighted by Crippen LogP contribution is 2.60. The van der Waals surface area contributed by atoms with E-state index in [9.17, 15) is 34.0 Å². The van der Waals surface area contributed by atoms with E-state index in [4.69, 9.17) is 44.5 Å². The van der Waals surface area contributed by atoms with E-state index >= 15 is 0 Å². The van der Waals surface area contributed by atoms with E-state index in [1.54, 1.807) is 61.5 Å². The van der Waals surface area contributed by atoms with Crippen molar-refractivity contribution < 1.29 is 66.7 Å². The molecule has 0 amide bonds. The van der Waals surface area contributed by atoms with Gasteiger partial charge in [0.2, 0.25) is 0 Å². The van der Waals surface area contributed by atoms with Crippen LogP contribution in [0.15, 0.2) is 99.6 Å². The molecule has 3 aromatic rings. The summed E-state index contributed by atoms with van der Waals surface area (Å²) in [7, 11) is 0. The van der Waals surface area contributed by atoms with Crippen LogP contribution in [0.2, 0.25) is 0 Å². The lowest BCUT2D eigenvalue weighted by Gasteiger charge is -2.27. The smallest absolute Gasteiger partial charge is 0.330 e. The molecule has 1 aliphatic heterocycles. The Morgan fingerprint density at radius 1 is 0.573 bits per heavy atom. The van der Waals surface area contributed by atoms with Crippen LogP contribution in [0.3, 0.4) is 0 Å². The average Bonchev–Trinajstić information content (AvgIpc) is 3.87. The van der Waals surface area contributed by atoms with Crippen LogP contribution in [-0.4, -0.2) is 62.2 Å². The molecule has 2 fully saturated rings. The minimum absolute atomic E-state index is 0.145. The van der Waals surface area contributed by atoms with E-state index in [0.29, 0.717) is 120 Å². The van der Waals surface area contributed by atoms with Gasteiger partial charge in [-0.3, -0.25) is 19.2 Å². The summed E-state index contributed by atoms with van der Waals surface area (Å²) in [5.41, 5.74) is 0.367. The first-order valence-electron chi connectivity index (χ1n) is 25.4. The van der Waals surface area contributed by atoms with Gasteiger partial charge in [0.1, 0.15) is 34.5 Å². The Labute approximate surface area is 446 Å². The standard InChI is InChI=1S/C57H62N2O14S2/c1-5-48(60)68-33-13-9-7-11-31-66-42-23-27-44(28-24-42)70-53(62)38-15-19-40(20-16-38)55(64)72-47-35-37(3)50(52-51(47)74-57(75-52)46(36-58)59-4)73-56(65)41-21-17-39(18-22-41)54(63)71-45-29-25-43(26-30-45)67-32-12-8-10-14-34-69-49(61)6-2/h5-6,23-30,35,38-41H,1-2,7-22,31-34H2,3H3/b57-46+.